The van der Waals surface area contributed by atoms with Gasteiger partial charge >= 0.3 is 0 Å². The van der Waals surface area contributed by atoms with Crippen LogP contribution in [0.3, 0.4) is 0 Å². The molecule has 0 spiro atoms. The fourth-order valence-electron chi connectivity index (χ4n) is 5.05. The normalized spacial score (nSPS) is 25.5. The highest BCUT2D eigenvalue weighted by Gasteiger charge is 2.42. The van der Waals surface area contributed by atoms with E-state index < -0.39 is 0 Å². The molecule has 2 aromatic rings. The van der Waals surface area contributed by atoms with Gasteiger partial charge in [-0.3, -0.25) is 9.59 Å². The van der Waals surface area contributed by atoms with E-state index in [9.17, 15) is 9.59 Å². The monoisotopic (exact) mass is 353 g/mol. The van der Waals surface area contributed by atoms with Crippen molar-refractivity contribution in [3.05, 3.63) is 40.3 Å². The van der Waals surface area contributed by atoms with E-state index in [1.54, 1.807) is 6.07 Å². The highest BCUT2D eigenvalue weighted by molar-refractivity contribution is 6.04. The largest absolute Gasteiger partial charge is 0.348 e. The van der Waals surface area contributed by atoms with E-state index in [1.165, 1.54) is 30.4 Å². The molecular weight excluding hydrogens is 326 g/mol. The van der Waals surface area contributed by atoms with E-state index in [4.69, 9.17) is 0 Å². The summed E-state index contributed by atoms with van der Waals surface area (Å²) in [5, 5.41) is 8.80. The molecule has 2 bridgehead atoms. The van der Waals surface area contributed by atoms with E-state index in [0.717, 1.165) is 18.3 Å². The number of aromatic nitrogens is 2. The molecule has 4 atom stereocenters. The van der Waals surface area contributed by atoms with Crippen molar-refractivity contribution in [1.29, 1.82) is 0 Å². The van der Waals surface area contributed by atoms with Crippen molar-refractivity contribution in [1.82, 2.24) is 15.1 Å². The topological polar surface area (TPSA) is 64.0 Å². The average Bonchev–Trinajstić information content (AvgIpc) is 3.27. The summed E-state index contributed by atoms with van der Waals surface area (Å²) < 4.78 is 1.43. The summed E-state index contributed by atoms with van der Waals surface area (Å²) in [7, 11) is 0. The number of amides is 1. The van der Waals surface area contributed by atoms with Gasteiger partial charge in [0.05, 0.1) is 5.39 Å². The van der Waals surface area contributed by atoms with Gasteiger partial charge in [0.15, 0.2) is 5.69 Å². The summed E-state index contributed by atoms with van der Waals surface area (Å²) in [5.41, 5.74) is 0.240. The number of hydrogen-bond donors (Lipinski definition) is 1. The van der Waals surface area contributed by atoms with Crippen LogP contribution in [0.25, 0.3) is 10.8 Å². The minimum absolute atomic E-state index is 0.125. The second-order valence-electron chi connectivity index (χ2n) is 8.02. The van der Waals surface area contributed by atoms with Gasteiger partial charge in [-0.15, -0.1) is 0 Å². The lowest BCUT2D eigenvalue weighted by molar-refractivity contribution is 0.0909. The van der Waals surface area contributed by atoms with E-state index >= 15 is 0 Å². The number of carbonyl (C=O) groups is 1. The lowest BCUT2D eigenvalue weighted by atomic mass is 9.84. The predicted octanol–water partition coefficient (Wildman–Crippen LogP) is 3.36. The number of benzene rings is 1. The molecule has 2 fully saturated rings. The first kappa shape index (κ1) is 17.3. The Kier molecular flexibility index (Phi) is 4.55. The number of nitrogens with zero attached hydrogens (tertiary/aromatic N) is 2. The molecule has 1 amide bonds. The molecule has 0 radical (unpaired) electrons. The fourth-order valence-corrected chi connectivity index (χ4v) is 5.05. The molecule has 2 saturated carbocycles. The molecule has 0 unspecified atom stereocenters. The van der Waals surface area contributed by atoms with Crippen LogP contribution in [0.2, 0.25) is 0 Å². The van der Waals surface area contributed by atoms with Crippen LogP contribution in [0.15, 0.2) is 29.1 Å². The number of hydrogen-bond acceptors (Lipinski definition) is 3. The third kappa shape index (κ3) is 2.93. The summed E-state index contributed by atoms with van der Waals surface area (Å²) in [4.78, 5) is 25.6. The maximum atomic E-state index is 13.0. The first-order valence-corrected chi connectivity index (χ1v) is 9.89. The second-order valence-corrected chi connectivity index (χ2v) is 8.02. The number of rotatable bonds is 5. The van der Waals surface area contributed by atoms with Crippen molar-refractivity contribution >= 4 is 16.7 Å². The Hall–Kier alpha value is -2.17. The highest BCUT2D eigenvalue weighted by atomic mass is 16.2. The molecule has 4 rings (SSSR count). The van der Waals surface area contributed by atoms with Crippen LogP contribution in [0, 0.1) is 17.8 Å². The molecule has 5 nitrogen and oxygen atoms in total. The molecule has 5 heteroatoms. The fraction of sp³-hybridized carbons (Fsp3) is 0.571. The Labute approximate surface area is 153 Å². The molecule has 2 aliphatic rings. The van der Waals surface area contributed by atoms with Gasteiger partial charge in [0.1, 0.15) is 0 Å². The van der Waals surface area contributed by atoms with Crippen LogP contribution >= 0.6 is 0 Å². The highest BCUT2D eigenvalue weighted by Crippen LogP contribution is 2.49. The van der Waals surface area contributed by atoms with Gasteiger partial charge in [0.2, 0.25) is 0 Å². The Morgan fingerprint density at radius 1 is 1.27 bits per heavy atom. The van der Waals surface area contributed by atoms with Gasteiger partial charge in [-0.1, -0.05) is 31.5 Å². The van der Waals surface area contributed by atoms with E-state index in [-0.39, 0.29) is 17.5 Å². The van der Waals surface area contributed by atoms with Crippen LogP contribution in [0.1, 0.15) is 56.4 Å². The number of fused-ring (bicyclic) bond motifs is 3. The Balaban J connectivity index is 1.63. The van der Waals surface area contributed by atoms with Gasteiger partial charge in [-0.05, 0) is 56.4 Å². The Morgan fingerprint density at radius 3 is 2.69 bits per heavy atom. The molecule has 1 heterocycles. The maximum absolute atomic E-state index is 13.0. The van der Waals surface area contributed by atoms with Crippen molar-refractivity contribution in [3.63, 3.8) is 0 Å². The Bertz CT molecular complexity index is 888. The molecule has 1 N–H and O–H groups in total. The zero-order valence-corrected chi connectivity index (χ0v) is 15.6. The third-order valence-electron chi connectivity index (χ3n) is 6.31. The standard InChI is InChI=1S/C21H27N3O2/c1-3-10-24-21(26)17-7-5-4-6-16(17)19(23-24)20(25)22-13(2)18-12-14-8-9-15(18)11-14/h4-7,13-15,18H,3,8-12H2,1-2H3,(H,22,25)/t13-,14-,15-,18-/m0/s1. The minimum atomic E-state index is -0.165. The van der Waals surface area contributed by atoms with Crippen LogP contribution in [-0.2, 0) is 6.54 Å². The second kappa shape index (κ2) is 6.86. The van der Waals surface area contributed by atoms with Crippen molar-refractivity contribution in [3.8, 4) is 0 Å². The van der Waals surface area contributed by atoms with Crippen LogP contribution in [-0.4, -0.2) is 21.7 Å². The Morgan fingerprint density at radius 2 is 2.04 bits per heavy atom. The van der Waals surface area contributed by atoms with E-state index in [0.29, 0.717) is 28.9 Å². The van der Waals surface area contributed by atoms with E-state index in [2.05, 4.69) is 17.3 Å². The van der Waals surface area contributed by atoms with Gasteiger partial charge in [0.25, 0.3) is 11.5 Å². The molecule has 1 aromatic carbocycles. The number of nitrogens with one attached hydrogen (secondary N) is 1. The van der Waals surface area contributed by atoms with Gasteiger partial charge in [0, 0.05) is 18.0 Å². The molecule has 2 aliphatic carbocycles. The smallest absolute Gasteiger partial charge is 0.274 e. The lowest BCUT2D eigenvalue weighted by Crippen LogP contribution is -2.41. The van der Waals surface area contributed by atoms with Crippen molar-refractivity contribution in [2.45, 2.75) is 58.5 Å². The number of aryl methyl sites for hydroxylation is 1. The SMILES string of the molecule is CCCn1nc(C(=O)N[C@@H](C)[C@@H]2C[C@H]3CC[C@H]2C3)c2ccccc2c1=O. The van der Waals surface area contributed by atoms with Gasteiger partial charge < -0.3 is 5.32 Å². The van der Waals surface area contributed by atoms with Crippen molar-refractivity contribution < 1.29 is 4.79 Å². The maximum Gasteiger partial charge on any atom is 0.274 e. The van der Waals surface area contributed by atoms with Crippen LogP contribution in [0.4, 0.5) is 0 Å². The zero-order valence-electron chi connectivity index (χ0n) is 15.6. The zero-order chi connectivity index (χ0) is 18.3. The summed E-state index contributed by atoms with van der Waals surface area (Å²) in [6, 6.07) is 7.42. The van der Waals surface area contributed by atoms with Crippen LogP contribution < -0.4 is 10.9 Å². The molecule has 26 heavy (non-hydrogen) atoms. The quantitative estimate of drug-likeness (QED) is 0.896. The third-order valence-corrected chi connectivity index (χ3v) is 6.31. The van der Waals surface area contributed by atoms with Gasteiger partial charge in [-0.2, -0.15) is 5.10 Å². The average molecular weight is 353 g/mol. The summed E-state index contributed by atoms with van der Waals surface area (Å²) in [6.45, 7) is 4.64. The molecule has 0 aliphatic heterocycles. The van der Waals surface area contributed by atoms with Crippen LogP contribution in [0.5, 0.6) is 0 Å². The predicted molar refractivity (Wildman–Crippen MR) is 102 cm³/mol. The summed E-state index contributed by atoms with van der Waals surface area (Å²) in [6.07, 6.45) is 6.02. The summed E-state index contributed by atoms with van der Waals surface area (Å²) in [5.74, 6) is 2.02. The first-order valence-electron chi connectivity index (χ1n) is 9.89. The van der Waals surface area contributed by atoms with Crippen molar-refractivity contribution in [2.75, 3.05) is 0 Å². The van der Waals surface area contributed by atoms with Crippen molar-refractivity contribution in [2.24, 2.45) is 17.8 Å². The van der Waals surface area contributed by atoms with E-state index in [1.807, 2.05) is 25.1 Å². The molecule has 0 saturated heterocycles. The molecular formula is C21H27N3O2. The first-order chi connectivity index (χ1) is 12.6. The number of carbonyl (C=O) groups excluding carboxylic acids is 1. The lowest BCUT2D eigenvalue weighted by Gasteiger charge is -2.28. The summed E-state index contributed by atoms with van der Waals surface area (Å²) >= 11 is 0. The minimum Gasteiger partial charge on any atom is -0.348 e. The van der Waals surface area contributed by atoms with Gasteiger partial charge in [-0.25, -0.2) is 4.68 Å². The molecule has 138 valence electrons. The molecule has 1 aromatic heterocycles.